The lowest BCUT2D eigenvalue weighted by Gasteiger charge is -2.06. The van der Waals surface area contributed by atoms with Crippen molar-refractivity contribution in [2.75, 3.05) is 14.2 Å². The van der Waals surface area contributed by atoms with E-state index in [1.807, 2.05) is 6.07 Å². The molecule has 4 nitrogen and oxygen atoms in total. The van der Waals surface area contributed by atoms with Gasteiger partial charge in [0.25, 0.3) is 0 Å². The number of carbonyl (C=O) groups is 1. The number of methoxy groups -OCH3 is 2. The summed E-state index contributed by atoms with van der Waals surface area (Å²) < 4.78 is 9.51. The Bertz CT molecular complexity index is 393. The second-order valence-corrected chi connectivity index (χ2v) is 2.52. The number of nitrogens with zero attached hydrogens (tertiary/aromatic N) is 1. The van der Waals surface area contributed by atoms with E-state index >= 15 is 0 Å². The molecule has 14 heavy (non-hydrogen) atoms. The largest absolute Gasteiger partial charge is 0.496 e. The van der Waals surface area contributed by atoms with Crippen molar-refractivity contribution in [3.8, 4) is 11.8 Å². The molecular formula is C10H9NO3. The topological polar surface area (TPSA) is 59.3 Å². The molecule has 1 aromatic carbocycles. The minimum atomic E-state index is -0.480. The van der Waals surface area contributed by atoms with Gasteiger partial charge in [-0.05, 0) is 18.2 Å². The predicted octanol–water partition coefficient (Wildman–Crippen LogP) is 1.35. The van der Waals surface area contributed by atoms with E-state index in [0.29, 0.717) is 16.9 Å². The average molecular weight is 191 g/mol. The van der Waals surface area contributed by atoms with Crippen LogP contribution in [-0.2, 0) is 4.74 Å². The van der Waals surface area contributed by atoms with Crippen LogP contribution in [0.25, 0.3) is 0 Å². The maximum atomic E-state index is 11.2. The summed E-state index contributed by atoms with van der Waals surface area (Å²) in [6.07, 6.45) is 0. The smallest absolute Gasteiger partial charge is 0.341 e. The Labute approximate surface area is 81.7 Å². The first-order valence-electron chi connectivity index (χ1n) is 3.89. The normalized spacial score (nSPS) is 8.93. The molecule has 0 radical (unpaired) electrons. The van der Waals surface area contributed by atoms with Gasteiger partial charge in [0.1, 0.15) is 11.3 Å². The first-order valence-corrected chi connectivity index (χ1v) is 3.89. The van der Waals surface area contributed by atoms with Gasteiger partial charge in [0, 0.05) is 0 Å². The highest BCUT2D eigenvalue weighted by atomic mass is 16.5. The van der Waals surface area contributed by atoms with E-state index in [2.05, 4.69) is 4.74 Å². The average Bonchev–Trinajstić information content (AvgIpc) is 2.27. The molecular weight excluding hydrogens is 182 g/mol. The lowest BCUT2D eigenvalue weighted by atomic mass is 10.1. The maximum Gasteiger partial charge on any atom is 0.341 e. The third-order valence-electron chi connectivity index (χ3n) is 1.74. The van der Waals surface area contributed by atoms with Gasteiger partial charge in [-0.15, -0.1) is 0 Å². The van der Waals surface area contributed by atoms with Gasteiger partial charge in [-0.3, -0.25) is 0 Å². The fraction of sp³-hybridized carbons (Fsp3) is 0.200. The summed E-state index contributed by atoms with van der Waals surface area (Å²) in [6, 6.07) is 6.49. The quantitative estimate of drug-likeness (QED) is 0.662. The molecule has 0 aliphatic heterocycles. The van der Waals surface area contributed by atoms with Crippen molar-refractivity contribution in [1.82, 2.24) is 0 Å². The molecule has 4 heteroatoms. The highest BCUT2D eigenvalue weighted by Gasteiger charge is 2.12. The first-order chi connectivity index (χ1) is 6.72. The standard InChI is InChI=1S/C10H9NO3/c1-13-9-5-7(6-11)3-4-8(9)10(12)14-2/h3-5H,1-2H3. The number of hydrogen-bond acceptors (Lipinski definition) is 4. The van der Waals surface area contributed by atoms with Crippen molar-refractivity contribution in [2.45, 2.75) is 0 Å². The van der Waals surface area contributed by atoms with Gasteiger partial charge >= 0.3 is 5.97 Å². The van der Waals surface area contributed by atoms with Gasteiger partial charge in [-0.1, -0.05) is 0 Å². The van der Waals surface area contributed by atoms with Crippen molar-refractivity contribution in [3.05, 3.63) is 29.3 Å². The predicted molar refractivity (Wildman–Crippen MR) is 49.0 cm³/mol. The monoisotopic (exact) mass is 191 g/mol. The molecule has 0 spiro atoms. The van der Waals surface area contributed by atoms with Crippen LogP contribution in [0.4, 0.5) is 0 Å². The van der Waals surface area contributed by atoms with E-state index in [0.717, 1.165) is 0 Å². The van der Waals surface area contributed by atoms with Crippen LogP contribution in [-0.4, -0.2) is 20.2 Å². The zero-order valence-corrected chi connectivity index (χ0v) is 7.90. The number of carbonyl (C=O) groups excluding carboxylic acids is 1. The summed E-state index contributed by atoms with van der Waals surface area (Å²) in [4.78, 5) is 11.2. The minimum Gasteiger partial charge on any atom is -0.496 e. The lowest BCUT2D eigenvalue weighted by molar-refractivity contribution is 0.0597. The van der Waals surface area contributed by atoms with Crippen molar-refractivity contribution >= 4 is 5.97 Å². The molecule has 0 aliphatic rings. The van der Waals surface area contributed by atoms with Crippen LogP contribution >= 0.6 is 0 Å². The molecule has 0 unspecified atom stereocenters. The molecule has 0 fully saturated rings. The van der Waals surface area contributed by atoms with Gasteiger partial charge in [-0.25, -0.2) is 4.79 Å². The van der Waals surface area contributed by atoms with Gasteiger partial charge in [0.2, 0.25) is 0 Å². The second-order valence-electron chi connectivity index (χ2n) is 2.52. The van der Waals surface area contributed by atoms with Crippen LogP contribution in [0.1, 0.15) is 15.9 Å². The molecule has 0 atom stereocenters. The number of benzene rings is 1. The van der Waals surface area contributed by atoms with Crippen molar-refractivity contribution in [1.29, 1.82) is 5.26 Å². The molecule has 72 valence electrons. The van der Waals surface area contributed by atoms with E-state index in [1.165, 1.54) is 32.4 Å². The highest BCUT2D eigenvalue weighted by Crippen LogP contribution is 2.20. The van der Waals surface area contributed by atoms with Crippen molar-refractivity contribution in [3.63, 3.8) is 0 Å². The Morgan fingerprint density at radius 3 is 2.64 bits per heavy atom. The number of nitriles is 1. The van der Waals surface area contributed by atoms with E-state index in [-0.39, 0.29) is 0 Å². The Hall–Kier alpha value is -2.02. The Morgan fingerprint density at radius 1 is 1.43 bits per heavy atom. The first kappa shape index (κ1) is 10.1. The Balaban J connectivity index is 3.19. The molecule has 0 amide bonds. The molecule has 1 rings (SSSR count). The van der Waals surface area contributed by atoms with Crippen LogP contribution in [0.5, 0.6) is 5.75 Å². The number of rotatable bonds is 2. The summed E-state index contributed by atoms with van der Waals surface area (Å²) in [6.45, 7) is 0. The van der Waals surface area contributed by atoms with Crippen LogP contribution in [0, 0.1) is 11.3 Å². The van der Waals surface area contributed by atoms with E-state index in [9.17, 15) is 4.79 Å². The van der Waals surface area contributed by atoms with Gasteiger partial charge in [0.05, 0.1) is 25.9 Å². The third-order valence-corrected chi connectivity index (χ3v) is 1.74. The molecule has 0 saturated carbocycles. The van der Waals surface area contributed by atoms with Gasteiger partial charge in [0.15, 0.2) is 0 Å². The molecule has 0 heterocycles. The summed E-state index contributed by atoms with van der Waals surface area (Å²) in [7, 11) is 2.73. The molecule has 0 aliphatic carbocycles. The van der Waals surface area contributed by atoms with Crippen LogP contribution in [0.15, 0.2) is 18.2 Å². The van der Waals surface area contributed by atoms with Gasteiger partial charge in [-0.2, -0.15) is 5.26 Å². The number of ether oxygens (including phenoxy) is 2. The highest BCUT2D eigenvalue weighted by molar-refractivity contribution is 5.92. The molecule has 0 bridgehead atoms. The lowest BCUT2D eigenvalue weighted by Crippen LogP contribution is -2.04. The molecule has 0 saturated heterocycles. The van der Waals surface area contributed by atoms with E-state index in [1.54, 1.807) is 0 Å². The second kappa shape index (κ2) is 4.28. The fourth-order valence-corrected chi connectivity index (χ4v) is 1.04. The fourth-order valence-electron chi connectivity index (χ4n) is 1.04. The van der Waals surface area contributed by atoms with E-state index in [4.69, 9.17) is 10.00 Å². The van der Waals surface area contributed by atoms with Crippen molar-refractivity contribution < 1.29 is 14.3 Å². The zero-order chi connectivity index (χ0) is 10.6. The summed E-state index contributed by atoms with van der Waals surface area (Å²) >= 11 is 0. The van der Waals surface area contributed by atoms with Gasteiger partial charge < -0.3 is 9.47 Å². The Kier molecular flexibility index (Phi) is 3.08. The molecule has 0 aromatic heterocycles. The van der Waals surface area contributed by atoms with Crippen LogP contribution in [0.2, 0.25) is 0 Å². The van der Waals surface area contributed by atoms with E-state index < -0.39 is 5.97 Å². The number of hydrogen-bond donors (Lipinski definition) is 0. The zero-order valence-electron chi connectivity index (χ0n) is 7.90. The molecule has 0 N–H and O–H groups in total. The van der Waals surface area contributed by atoms with Crippen LogP contribution < -0.4 is 4.74 Å². The molecule has 1 aromatic rings. The van der Waals surface area contributed by atoms with Crippen molar-refractivity contribution in [2.24, 2.45) is 0 Å². The summed E-state index contributed by atoms with van der Waals surface area (Å²) in [5.74, 6) is -0.137. The van der Waals surface area contributed by atoms with Crippen LogP contribution in [0.3, 0.4) is 0 Å². The SMILES string of the molecule is COC(=O)c1ccc(C#N)cc1OC. The summed E-state index contributed by atoms with van der Waals surface area (Å²) in [5, 5.41) is 8.62. The number of esters is 1. The third kappa shape index (κ3) is 1.83. The summed E-state index contributed by atoms with van der Waals surface area (Å²) in [5.41, 5.74) is 0.753. The maximum absolute atomic E-state index is 11.2. The Morgan fingerprint density at radius 2 is 2.14 bits per heavy atom. The minimum absolute atomic E-state index is 0.314.